The van der Waals surface area contributed by atoms with E-state index in [4.69, 9.17) is 14.2 Å². The van der Waals surface area contributed by atoms with Crippen molar-refractivity contribution in [3.05, 3.63) is 35.9 Å². The number of nitrogens with one attached hydrogen (secondary N) is 1. The summed E-state index contributed by atoms with van der Waals surface area (Å²) in [6, 6.07) is 8.78. The van der Waals surface area contributed by atoms with E-state index in [0.29, 0.717) is 19.6 Å². The second-order valence-corrected chi connectivity index (χ2v) is 8.57. The number of benzene rings is 1. The minimum absolute atomic E-state index is 0.133. The lowest BCUT2D eigenvalue weighted by atomic mass is 10.1. The Morgan fingerprint density at radius 1 is 0.758 bits per heavy atom. The zero-order valence-corrected chi connectivity index (χ0v) is 20.8. The third kappa shape index (κ3) is 16.2. The monoisotopic (exact) mass is 463 g/mol. The van der Waals surface area contributed by atoms with Crippen LogP contribution in [0.4, 0.5) is 4.79 Å². The molecule has 0 radical (unpaired) electrons. The van der Waals surface area contributed by atoms with E-state index in [9.17, 15) is 9.59 Å². The Morgan fingerprint density at radius 3 is 1.91 bits per heavy atom. The zero-order valence-electron chi connectivity index (χ0n) is 20.8. The maximum Gasteiger partial charge on any atom is 0.407 e. The highest BCUT2D eigenvalue weighted by Crippen LogP contribution is 2.12. The molecule has 1 aromatic carbocycles. The number of ether oxygens (including phenoxy) is 3. The van der Waals surface area contributed by atoms with Gasteiger partial charge in [-0.1, -0.05) is 108 Å². The van der Waals surface area contributed by atoms with Crippen molar-refractivity contribution in [1.82, 2.24) is 5.32 Å². The summed E-state index contributed by atoms with van der Waals surface area (Å²) in [5.41, 5.74) is 0.946. The first kappa shape index (κ1) is 29.0. The Kier molecular flexibility index (Phi) is 18.0. The third-order valence-corrected chi connectivity index (χ3v) is 5.62. The molecule has 1 unspecified atom stereocenters. The maximum absolute atomic E-state index is 12.6. The third-order valence-electron chi connectivity index (χ3n) is 5.62. The minimum atomic E-state index is -0.778. The molecule has 1 amide bonds. The van der Waals surface area contributed by atoms with Crippen LogP contribution in [-0.2, 0) is 25.4 Å². The first-order valence-electron chi connectivity index (χ1n) is 12.8. The van der Waals surface area contributed by atoms with Gasteiger partial charge in [0.15, 0.2) is 0 Å². The average molecular weight is 464 g/mol. The molecule has 0 bridgehead atoms. The van der Waals surface area contributed by atoms with Crippen molar-refractivity contribution >= 4 is 12.1 Å². The lowest BCUT2D eigenvalue weighted by molar-refractivity contribution is -0.146. The molecule has 1 N–H and O–H groups in total. The van der Waals surface area contributed by atoms with Crippen LogP contribution in [0.5, 0.6) is 0 Å². The largest absolute Gasteiger partial charge is 0.464 e. The zero-order chi connectivity index (χ0) is 24.0. The molecule has 0 fully saturated rings. The fraction of sp³-hybridized carbons (Fsp3) is 0.704. The molecule has 0 aliphatic rings. The van der Waals surface area contributed by atoms with Gasteiger partial charge < -0.3 is 19.5 Å². The normalized spacial score (nSPS) is 11.7. The molecule has 0 saturated carbocycles. The van der Waals surface area contributed by atoms with Crippen LogP contribution in [-0.4, -0.2) is 45.0 Å². The van der Waals surface area contributed by atoms with Crippen molar-refractivity contribution in [3.63, 3.8) is 0 Å². The van der Waals surface area contributed by atoms with Crippen molar-refractivity contribution in [3.8, 4) is 0 Å². The van der Waals surface area contributed by atoms with Gasteiger partial charge in [-0.2, -0.15) is 0 Å². The highest BCUT2D eigenvalue weighted by atomic mass is 16.6. The molecular formula is C27H45NO5. The molecule has 1 aromatic rings. The van der Waals surface area contributed by atoms with Crippen LogP contribution in [0, 0.1) is 0 Å². The van der Waals surface area contributed by atoms with E-state index in [1.54, 1.807) is 0 Å². The molecule has 0 aromatic heterocycles. The molecule has 1 rings (SSSR count). The fourth-order valence-corrected chi connectivity index (χ4v) is 3.66. The van der Waals surface area contributed by atoms with Crippen LogP contribution in [0.25, 0.3) is 0 Å². The van der Waals surface area contributed by atoms with E-state index in [1.807, 2.05) is 30.3 Å². The van der Waals surface area contributed by atoms with Crippen molar-refractivity contribution in [2.24, 2.45) is 0 Å². The second-order valence-electron chi connectivity index (χ2n) is 8.57. The summed E-state index contributed by atoms with van der Waals surface area (Å²) >= 11 is 0. The SMILES string of the molecule is CCCCCCCCCCCCCCOC(=O)C(Cc1ccccc1)NC(=O)OCCOC. The van der Waals surface area contributed by atoms with Crippen molar-refractivity contribution in [1.29, 1.82) is 0 Å². The molecule has 0 aliphatic carbocycles. The lowest BCUT2D eigenvalue weighted by Crippen LogP contribution is -2.44. The van der Waals surface area contributed by atoms with E-state index in [0.717, 1.165) is 18.4 Å². The van der Waals surface area contributed by atoms with Gasteiger partial charge in [0.2, 0.25) is 0 Å². The summed E-state index contributed by atoms with van der Waals surface area (Å²) in [5, 5.41) is 2.63. The number of hydrogen-bond acceptors (Lipinski definition) is 5. The first-order chi connectivity index (χ1) is 16.2. The van der Waals surface area contributed by atoms with Gasteiger partial charge in [0.1, 0.15) is 12.6 Å². The Morgan fingerprint density at radius 2 is 1.33 bits per heavy atom. The van der Waals surface area contributed by atoms with Gasteiger partial charge in [-0.05, 0) is 12.0 Å². The molecule has 0 heterocycles. The molecule has 6 nitrogen and oxygen atoms in total. The van der Waals surface area contributed by atoms with Gasteiger partial charge in [0.25, 0.3) is 0 Å². The predicted octanol–water partition coefficient (Wildman–Crippen LogP) is 6.21. The standard InChI is InChI=1S/C27H45NO5/c1-3-4-5-6-7-8-9-10-11-12-13-17-20-32-26(29)25(23-24-18-15-14-16-19-24)28-27(30)33-22-21-31-2/h14-16,18-19,25H,3-13,17,20-23H2,1-2H3,(H,28,30). The minimum Gasteiger partial charge on any atom is -0.464 e. The van der Waals surface area contributed by atoms with Crippen LogP contribution in [0.3, 0.4) is 0 Å². The number of carbonyl (C=O) groups is 2. The fourth-order valence-electron chi connectivity index (χ4n) is 3.66. The Hall–Kier alpha value is -2.08. The number of amides is 1. The number of esters is 1. The van der Waals surface area contributed by atoms with E-state index < -0.39 is 18.1 Å². The van der Waals surface area contributed by atoms with Crippen LogP contribution < -0.4 is 5.32 Å². The van der Waals surface area contributed by atoms with Gasteiger partial charge in [-0.15, -0.1) is 0 Å². The number of alkyl carbamates (subject to hydrolysis) is 1. The smallest absolute Gasteiger partial charge is 0.407 e. The quantitative estimate of drug-likeness (QED) is 0.184. The number of methoxy groups -OCH3 is 1. The molecular weight excluding hydrogens is 418 g/mol. The molecule has 188 valence electrons. The topological polar surface area (TPSA) is 73.9 Å². The molecule has 0 spiro atoms. The van der Waals surface area contributed by atoms with Gasteiger partial charge in [-0.25, -0.2) is 9.59 Å². The van der Waals surface area contributed by atoms with E-state index in [1.165, 1.54) is 71.3 Å². The summed E-state index contributed by atoms with van der Waals surface area (Å²) in [4.78, 5) is 24.6. The molecule has 33 heavy (non-hydrogen) atoms. The molecule has 6 heteroatoms. The Labute approximate surface area is 200 Å². The summed E-state index contributed by atoms with van der Waals surface area (Å²) in [6.07, 6.45) is 14.8. The molecule has 0 aliphatic heterocycles. The van der Waals surface area contributed by atoms with Crippen LogP contribution in [0.2, 0.25) is 0 Å². The van der Waals surface area contributed by atoms with Crippen LogP contribution in [0.1, 0.15) is 89.5 Å². The predicted molar refractivity (Wildman–Crippen MR) is 132 cm³/mol. The number of carbonyl (C=O) groups excluding carboxylic acids is 2. The van der Waals surface area contributed by atoms with Crippen LogP contribution in [0.15, 0.2) is 30.3 Å². The molecule has 1 atom stereocenters. The lowest BCUT2D eigenvalue weighted by Gasteiger charge is -2.18. The summed E-state index contributed by atoms with van der Waals surface area (Å²) in [7, 11) is 1.53. The number of hydrogen-bond donors (Lipinski definition) is 1. The van der Waals surface area contributed by atoms with Gasteiger partial charge in [0.05, 0.1) is 13.2 Å². The van der Waals surface area contributed by atoms with E-state index in [-0.39, 0.29) is 6.61 Å². The van der Waals surface area contributed by atoms with Gasteiger partial charge in [-0.3, -0.25) is 0 Å². The van der Waals surface area contributed by atoms with Crippen LogP contribution >= 0.6 is 0 Å². The van der Waals surface area contributed by atoms with E-state index in [2.05, 4.69) is 12.2 Å². The van der Waals surface area contributed by atoms with Gasteiger partial charge in [0, 0.05) is 13.5 Å². The summed E-state index contributed by atoms with van der Waals surface area (Å²) in [5.74, 6) is -0.425. The summed E-state index contributed by atoms with van der Waals surface area (Å²) < 4.78 is 15.4. The number of unbranched alkanes of at least 4 members (excludes halogenated alkanes) is 11. The highest BCUT2D eigenvalue weighted by Gasteiger charge is 2.23. The molecule has 0 saturated heterocycles. The Bertz CT molecular complexity index is 608. The van der Waals surface area contributed by atoms with Crippen molar-refractivity contribution in [2.75, 3.05) is 26.9 Å². The number of rotatable bonds is 20. The first-order valence-corrected chi connectivity index (χ1v) is 12.8. The average Bonchev–Trinajstić information content (AvgIpc) is 2.82. The Balaban J connectivity index is 2.21. The maximum atomic E-state index is 12.6. The summed E-state index contributed by atoms with van der Waals surface area (Å²) in [6.45, 7) is 3.07. The highest BCUT2D eigenvalue weighted by molar-refractivity contribution is 5.81. The van der Waals surface area contributed by atoms with E-state index >= 15 is 0 Å². The van der Waals surface area contributed by atoms with Crippen molar-refractivity contribution < 1.29 is 23.8 Å². The van der Waals surface area contributed by atoms with Gasteiger partial charge >= 0.3 is 12.1 Å². The second kappa shape index (κ2) is 20.5. The van der Waals surface area contributed by atoms with Crippen molar-refractivity contribution in [2.45, 2.75) is 96.4 Å².